The van der Waals surface area contributed by atoms with Crippen LogP contribution in [0.1, 0.15) is 278 Å². The molecule has 0 bridgehead atoms. The van der Waals surface area contributed by atoms with Crippen molar-refractivity contribution in [2.24, 2.45) is 0 Å². The summed E-state index contributed by atoms with van der Waals surface area (Å²) in [5, 5.41) is 0. The lowest BCUT2D eigenvalue weighted by Gasteiger charge is -2.18. The second-order valence-electron chi connectivity index (χ2n) is 20.9. The number of rotatable bonds is 57. The summed E-state index contributed by atoms with van der Waals surface area (Å²) in [4.78, 5) is 38.3. The number of carbonyl (C=O) groups is 3. The molecule has 0 aromatic carbocycles. The van der Waals surface area contributed by atoms with E-state index in [1.165, 1.54) is 89.9 Å². The maximum atomic E-state index is 12.9. The zero-order chi connectivity index (χ0) is 57.1. The molecule has 446 valence electrons. The van der Waals surface area contributed by atoms with E-state index in [4.69, 9.17) is 14.2 Å². The van der Waals surface area contributed by atoms with E-state index in [1.807, 2.05) is 0 Å². The number of carbonyl (C=O) groups excluding carboxylic acids is 3. The van der Waals surface area contributed by atoms with E-state index in [0.717, 1.165) is 141 Å². The third kappa shape index (κ3) is 64.0. The molecule has 1 atom stereocenters. The zero-order valence-electron chi connectivity index (χ0n) is 51.1. The normalized spacial score (nSPS) is 13.1. The van der Waals surface area contributed by atoms with Crippen molar-refractivity contribution in [2.45, 2.75) is 284 Å². The van der Waals surface area contributed by atoms with Crippen LogP contribution in [0, 0.1) is 0 Å². The van der Waals surface area contributed by atoms with Crippen molar-refractivity contribution in [3.05, 3.63) is 146 Å². The highest BCUT2D eigenvalue weighted by Crippen LogP contribution is 2.15. The first-order chi connectivity index (χ1) is 39.0. The summed E-state index contributed by atoms with van der Waals surface area (Å²) in [6, 6.07) is 0. The van der Waals surface area contributed by atoms with Gasteiger partial charge in [-0.25, -0.2) is 0 Å². The summed E-state index contributed by atoms with van der Waals surface area (Å²) in [7, 11) is 0. The van der Waals surface area contributed by atoms with Gasteiger partial charge in [-0.15, -0.1) is 0 Å². The van der Waals surface area contributed by atoms with Crippen LogP contribution >= 0.6 is 0 Å². The summed E-state index contributed by atoms with van der Waals surface area (Å²) < 4.78 is 16.9. The van der Waals surface area contributed by atoms with E-state index in [1.54, 1.807) is 0 Å². The largest absolute Gasteiger partial charge is 0.462 e. The average Bonchev–Trinajstić information content (AvgIpc) is 3.45. The molecule has 0 rings (SSSR count). The summed E-state index contributed by atoms with van der Waals surface area (Å²) in [5.74, 6) is -0.958. The van der Waals surface area contributed by atoms with Crippen LogP contribution in [0.3, 0.4) is 0 Å². The molecule has 0 aromatic rings. The van der Waals surface area contributed by atoms with Gasteiger partial charge < -0.3 is 14.2 Å². The van der Waals surface area contributed by atoms with Crippen molar-refractivity contribution in [1.82, 2.24) is 0 Å². The highest BCUT2D eigenvalue weighted by molar-refractivity contribution is 5.71. The number of hydrogen-bond donors (Lipinski definition) is 0. The van der Waals surface area contributed by atoms with Gasteiger partial charge in [-0.2, -0.15) is 0 Å². The van der Waals surface area contributed by atoms with E-state index in [2.05, 4.69) is 167 Å². The molecular weight excluding hydrogens is 973 g/mol. The molecule has 0 saturated heterocycles. The van der Waals surface area contributed by atoms with Gasteiger partial charge in [0, 0.05) is 19.3 Å². The lowest BCUT2D eigenvalue weighted by molar-refractivity contribution is -0.167. The quantitative estimate of drug-likeness (QED) is 0.0261. The van der Waals surface area contributed by atoms with E-state index in [9.17, 15) is 14.4 Å². The molecule has 0 amide bonds. The molecule has 1 unspecified atom stereocenters. The van der Waals surface area contributed by atoms with Gasteiger partial charge >= 0.3 is 17.9 Å². The Bertz CT molecular complexity index is 1730. The zero-order valence-corrected chi connectivity index (χ0v) is 51.1. The Hall–Kier alpha value is -4.71. The standard InChI is InChI=1S/C73H118O6/c1-4-7-10-13-16-19-22-25-28-30-32-33-34-35-36-37-38-39-41-42-45-48-51-54-57-60-63-66-72(75)78-69-70(68-77-71(74)65-62-59-56-53-50-47-44-27-24-21-18-15-12-9-6-3)79-73(76)67-64-61-58-55-52-49-46-43-40-31-29-26-23-20-17-14-11-8-5-2/h7-8,10-11,16-17,19-20,25-26,28-29,32-33,35-36,38-40,42-43,45,51,54,70H,4-6,9,12-15,18,21-24,27,30-31,34,37,41,44,46-50,52-53,55-69H2,1-3H3/b10-7-,11-8-,19-16-,20-17-,28-25-,29-26-,33-32-,36-35-,39-38-,43-40-,45-42-,54-51-. The highest BCUT2D eigenvalue weighted by Gasteiger charge is 2.19. The van der Waals surface area contributed by atoms with E-state index >= 15 is 0 Å². The fraction of sp³-hybridized carbons (Fsp3) is 0.630. The Kier molecular flexibility index (Phi) is 61.9. The van der Waals surface area contributed by atoms with E-state index in [-0.39, 0.29) is 31.1 Å². The molecular formula is C73H118O6. The van der Waals surface area contributed by atoms with Gasteiger partial charge in [0.05, 0.1) is 0 Å². The fourth-order valence-electron chi connectivity index (χ4n) is 8.57. The lowest BCUT2D eigenvalue weighted by atomic mass is 10.0. The van der Waals surface area contributed by atoms with Crippen molar-refractivity contribution in [2.75, 3.05) is 13.2 Å². The number of hydrogen-bond acceptors (Lipinski definition) is 6. The smallest absolute Gasteiger partial charge is 0.306 e. The van der Waals surface area contributed by atoms with Crippen molar-refractivity contribution >= 4 is 17.9 Å². The van der Waals surface area contributed by atoms with Gasteiger partial charge in [0.25, 0.3) is 0 Å². The van der Waals surface area contributed by atoms with Crippen molar-refractivity contribution < 1.29 is 28.6 Å². The minimum Gasteiger partial charge on any atom is -0.462 e. The van der Waals surface area contributed by atoms with Crippen molar-refractivity contribution in [1.29, 1.82) is 0 Å². The molecule has 6 nitrogen and oxygen atoms in total. The number of unbranched alkanes of at least 4 members (excludes halogenated alkanes) is 22. The van der Waals surface area contributed by atoms with E-state index < -0.39 is 6.10 Å². The average molecular weight is 1090 g/mol. The van der Waals surface area contributed by atoms with Crippen LogP contribution in [0.25, 0.3) is 0 Å². The maximum absolute atomic E-state index is 12.9. The lowest BCUT2D eigenvalue weighted by Crippen LogP contribution is -2.30. The molecule has 0 spiro atoms. The summed E-state index contributed by atoms with van der Waals surface area (Å²) >= 11 is 0. The summed E-state index contributed by atoms with van der Waals surface area (Å²) in [5.41, 5.74) is 0. The predicted molar refractivity (Wildman–Crippen MR) is 343 cm³/mol. The Balaban J connectivity index is 4.48. The molecule has 0 aliphatic carbocycles. The Morgan fingerprint density at radius 3 is 0.797 bits per heavy atom. The first-order valence-corrected chi connectivity index (χ1v) is 32.3. The second-order valence-corrected chi connectivity index (χ2v) is 20.9. The monoisotopic (exact) mass is 1090 g/mol. The molecule has 0 saturated carbocycles. The second kappa shape index (κ2) is 65.8. The minimum atomic E-state index is -0.810. The summed E-state index contributed by atoms with van der Waals surface area (Å²) in [6.07, 6.45) is 94.2. The summed E-state index contributed by atoms with van der Waals surface area (Å²) in [6.45, 7) is 6.38. The maximum Gasteiger partial charge on any atom is 0.306 e. The van der Waals surface area contributed by atoms with Crippen molar-refractivity contribution in [3.63, 3.8) is 0 Å². The molecule has 0 aliphatic heterocycles. The molecule has 0 N–H and O–H groups in total. The third-order valence-electron chi connectivity index (χ3n) is 13.3. The molecule has 0 heterocycles. The fourth-order valence-corrected chi connectivity index (χ4v) is 8.57. The molecule has 0 aliphatic rings. The van der Waals surface area contributed by atoms with Gasteiger partial charge in [-0.3, -0.25) is 14.4 Å². The molecule has 0 fully saturated rings. The Morgan fingerprint density at radius 1 is 0.266 bits per heavy atom. The van der Waals surface area contributed by atoms with Crippen molar-refractivity contribution in [3.8, 4) is 0 Å². The minimum absolute atomic E-state index is 0.101. The van der Waals surface area contributed by atoms with E-state index in [0.29, 0.717) is 25.7 Å². The van der Waals surface area contributed by atoms with Gasteiger partial charge in [-0.1, -0.05) is 282 Å². The van der Waals surface area contributed by atoms with Crippen LogP contribution in [0.2, 0.25) is 0 Å². The van der Waals surface area contributed by atoms with Crippen LogP contribution < -0.4 is 0 Å². The van der Waals surface area contributed by atoms with Gasteiger partial charge in [0.15, 0.2) is 6.10 Å². The number of esters is 3. The number of ether oxygens (including phenoxy) is 3. The first-order valence-electron chi connectivity index (χ1n) is 32.3. The molecule has 6 heteroatoms. The van der Waals surface area contributed by atoms with Gasteiger partial charge in [0.2, 0.25) is 0 Å². The van der Waals surface area contributed by atoms with Crippen LogP contribution in [0.4, 0.5) is 0 Å². The van der Waals surface area contributed by atoms with Gasteiger partial charge in [-0.05, 0) is 122 Å². The van der Waals surface area contributed by atoms with Gasteiger partial charge in [0.1, 0.15) is 13.2 Å². The van der Waals surface area contributed by atoms with Crippen LogP contribution in [0.5, 0.6) is 0 Å². The molecule has 0 radical (unpaired) electrons. The van der Waals surface area contributed by atoms with Crippen LogP contribution in [-0.2, 0) is 28.6 Å². The highest BCUT2D eigenvalue weighted by atomic mass is 16.6. The molecule has 79 heavy (non-hydrogen) atoms. The molecule has 0 aromatic heterocycles. The SMILES string of the molecule is CC/C=C\C/C=C\C/C=C\C/C=C\C/C=C\C/C=C\C/C=C\C/C=C\CCCCC(=O)OCC(COC(=O)CCCCCCCCCCCCCCCCC)OC(=O)CCCCCCCC/C=C\C/C=C\C/C=C\C/C=C\CC. The Morgan fingerprint density at radius 2 is 0.494 bits per heavy atom. The van der Waals surface area contributed by atoms with Crippen LogP contribution in [-0.4, -0.2) is 37.2 Å². The Labute approximate surface area is 487 Å². The third-order valence-corrected chi connectivity index (χ3v) is 13.3. The first kappa shape index (κ1) is 74.3. The topological polar surface area (TPSA) is 78.9 Å². The number of allylic oxidation sites excluding steroid dienone is 24. The van der Waals surface area contributed by atoms with Crippen LogP contribution in [0.15, 0.2) is 146 Å². The predicted octanol–water partition coefficient (Wildman–Crippen LogP) is 22.3.